The van der Waals surface area contributed by atoms with Gasteiger partial charge >= 0.3 is 0 Å². The minimum absolute atomic E-state index is 0.0196. The maximum atomic E-state index is 11.1. The van der Waals surface area contributed by atoms with Crippen LogP contribution in [0.3, 0.4) is 0 Å². The van der Waals surface area contributed by atoms with Gasteiger partial charge in [0.25, 0.3) is 0 Å². The van der Waals surface area contributed by atoms with Crippen LogP contribution < -0.4 is 5.32 Å². The first-order valence-corrected chi connectivity index (χ1v) is 4.69. The zero-order valence-corrected chi connectivity index (χ0v) is 8.29. The highest BCUT2D eigenvalue weighted by Crippen LogP contribution is 2.30. The molecule has 0 radical (unpaired) electrons. The van der Waals surface area contributed by atoms with Crippen LogP contribution in [0.1, 0.15) is 32.3 Å². The summed E-state index contributed by atoms with van der Waals surface area (Å²) in [5.74, 6) is 0.123. The van der Waals surface area contributed by atoms with Gasteiger partial charge in [-0.3, -0.25) is 4.79 Å². The lowest BCUT2D eigenvalue weighted by atomic mass is 10.0. The van der Waals surface area contributed by atoms with Crippen molar-refractivity contribution in [3.63, 3.8) is 0 Å². The number of carbonyl (C=O) groups excluding carboxylic acids is 1. The molecule has 1 aromatic rings. The van der Waals surface area contributed by atoms with Gasteiger partial charge < -0.3 is 5.32 Å². The summed E-state index contributed by atoms with van der Waals surface area (Å²) >= 11 is 0. The van der Waals surface area contributed by atoms with E-state index in [2.05, 4.69) is 5.32 Å². The van der Waals surface area contributed by atoms with Crippen molar-refractivity contribution in [3.05, 3.63) is 29.8 Å². The lowest BCUT2D eigenvalue weighted by Gasteiger charge is -1.97. The Balaban J connectivity index is 0.000000396. The third kappa shape index (κ3) is 1.72. The van der Waals surface area contributed by atoms with E-state index in [9.17, 15) is 4.79 Å². The zero-order valence-electron chi connectivity index (χ0n) is 8.29. The summed E-state index contributed by atoms with van der Waals surface area (Å²) in [6.45, 7) is 5.92. The van der Waals surface area contributed by atoms with E-state index >= 15 is 0 Å². The van der Waals surface area contributed by atoms with Crippen molar-refractivity contribution in [3.8, 4) is 0 Å². The summed E-state index contributed by atoms with van der Waals surface area (Å²) in [5, 5.41) is 2.81. The van der Waals surface area contributed by atoms with Crippen LogP contribution in [-0.2, 0) is 4.79 Å². The van der Waals surface area contributed by atoms with Gasteiger partial charge in [-0.2, -0.15) is 0 Å². The van der Waals surface area contributed by atoms with Crippen molar-refractivity contribution in [1.82, 2.24) is 0 Å². The molecule has 1 N–H and O–H groups in total. The van der Waals surface area contributed by atoms with Crippen molar-refractivity contribution in [2.75, 3.05) is 5.32 Å². The van der Waals surface area contributed by atoms with E-state index in [1.165, 1.54) is 0 Å². The molecule has 70 valence electrons. The summed E-state index contributed by atoms with van der Waals surface area (Å²) < 4.78 is 0. The predicted octanol–water partition coefficient (Wildman–Crippen LogP) is 2.77. The largest absolute Gasteiger partial charge is 0.325 e. The molecule has 1 heterocycles. The first-order chi connectivity index (χ1) is 6.29. The van der Waals surface area contributed by atoms with Gasteiger partial charge in [0.05, 0.1) is 5.92 Å². The van der Waals surface area contributed by atoms with Gasteiger partial charge in [-0.1, -0.05) is 32.0 Å². The molecule has 0 aromatic heterocycles. The molecule has 0 fully saturated rings. The van der Waals surface area contributed by atoms with E-state index < -0.39 is 0 Å². The standard InChI is InChI=1S/C9H9NO.C2H6/c1-6-7-4-2-3-5-8(7)10-9(6)11;1-2/h2-6H,1H3,(H,10,11);1-2H3. The van der Waals surface area contributed by atoms with Crippen molar-refractivity contribution in [2.24, 2.45) is 0 Å². The normalized spacial score (nSPS) is 18.4. The predicted molar refractivity (Wildman–Crippen MR) is 54.8 cm³/mol. The molecule has 1 aromatic carbocycles. The molecular weight excluding hydrogens is 162 g/mol. The second kappa shape index (κ2) is 4.08. The monoisotopic (exact) mass is 177 g/mol. The fourth-order valence-corrected chi connectivity index (χ4v) is 1.37. The maximum absolute atomic E-state index is 11.1. The highest BCUT2D eigenvalue weighted by Gasteiger charge is 2.25. The third-order valence-corrected chi connectivity index (χ3v) is 2.08. The Hall–Kier alpha value is -1.31. The number of anilines is 1. The van der Waals surface area contributed by atoms with Crippen molar-refractivity contribution < 1.29 is 4.79 Å². The van der Waals surface area contributed by atoms with Crippen LogP contribution in [-0.4, -0.2) is 5.91 Å². The van der Waals surface area contributed by atoms with Crippen LogP contribution in [0, 0.1) is 0 Å². The summed E-state index contributed by atoms with van der Waals surface area (Å²) in [6.07, 6.45) is 0. The number of amides is 1. The number of carbonyl (C=O) groups is 1. The first kappa shape index (κ1) is 9.78. The van der Waals surface area contributed by atoms with Crippen LogP contribution in [0.4, 0.5) is 5.69 Å². The van der Waals surface area contributed by atoms with E-state index in [0.717, 1.165) is 11.3 Å². The molecule has 0 saturated carbocycles. The fourth-order valence-electron chi connectivity index (χ4n) is 1.37. The van der Waals surface area contributed by atoms with Crippen LogP contribution in [0.15, 0.2) is 24.3 Å². The SMILES string of the molecule is CC.CC1C(=O)Nc2ccccc21. The topological polar surface area (TPSA) is 29.1 Å². The molecule has 1 atom stereocenters. The van der Waals surface area contributed by atoms with Crippen LogP contribution in [0.2, 0.25) is 0 Å². The number of hydrogen-bond donors (Lipinski definition) is 1. The molecule has 2 heteroatoms. The molecule has 0 aliphatic carbocycles. The van der Waals surface area contributed by atoms with Gasteiger partial charge in [-0.25, -0.2) is 0 Å². The maximum Gasteiger partial charge on any atom is 0.231 e. The Kier molecular flexibility index (Phi) is 3.07. The molecule has 13 heavy (non-hydrogen) atoms. The number of fused-ring (bicyclic) bond motifs is 1. The molecule has 0 spiro atoms. The van der Waals surface area contributed by atoms with E-state index in [1.807, 2.05) is 45.0 Å². The van der Waals surface area contributed by atoms with Crippen molar-refractivity contribution in [2.45, 2.75) is 26.7 Å². The van der Waals surface area contributed by atoms with Crippen LogP contribution in [0.5, 0.6) is 0 Å². The van der Waals surface area contributed by atoms with Gasteiger partial charge in [0.1, 0.15) is 0 Å². The van der Waals surface area contributed by atoms with E-state index in [0.29, 0.717) is 0 Å². The zero-order chi connectivity index (χ0) is 9.84. The highest BCUT2D eigenvalue weighted by molar-refractivity contribution is 6.02. The summed E-state index contributed by atoms with van der Waals surface area (Å²) in [7, 11) is 0. The van der Waals surface area contributed by atoms with Gasteiger partial charge in [0.15, 0.2) is 0 Å². The van der Waals surface area contributed by atoms with E-state index in [4.69, 9.17) is 0 Å². The minimum atomic E-state index is 0.0196. The Morgan fingerprint density at radius 1 is 1.23 bits per heavy atom. The molecular formula is C11H15NO. The van der Waals surface area contributed by atoms with Gasteiger partial charge in [0.2, 0.25) is 5.91 Å². The number of nitrogens with one attached hydrogen (secondary N) is 1. The molecule has 1 aliphatic heterocycles. The second-order valence-electron chi connectivity index (χ2n) is 2.80. The van der Waals surface area contributed by atoms with E-state index in [1.54, 1.807) is 0 Å². The van der Waals surface area contributed by atoms with Crippen LogP contribution >= 0.6 is 0 Å². The van der Waals surface area contributed by atoms with Crippen LogP contribution in [0.25, 0.3) is 0 Å². The summed E-state index contributed by atoms with van der Waals surface area (Å²) in [6, 6.07) is 7.79. The average molecular weight is 177 g/mol. The smallest absolute Gasteiger partial charge is 0.231 e. The van der Waals surface area contributed by atoms with Gasteiger partial charge in [-0.15, -0.1) is 0 Å². The fraction of sp³-hybridized carbons (Fsp3) is 0.364. The van der Waals surface area contributed by atoms with Gasteiger partial charge in [-0.05, 0) is 18.6 Å². The number of rotatable bonds is 0. The quantitative estimate of drug-likeness (QED) is 0.648. The number of para-hydroxylation sites is 1. The molecule has 2 nitrogen and oxygen atoms in total. The first-order valence-electron chi connectivity index (χ1n) is 4.69. The number of hydrogen-bond acceptors (Lipinski definition) is 1. The molecule has 1 unspecified atom stereocenters. The molecule has 1 amide bonds. The molecule has 0 saturated heterocycles. The summed E-state index contributed by atoms with van der Waals surface area (Å²) in [4.78, 5) is 11.1. The molecule has 2 rings (SSSR count). The second-order valence-corrected chi connectivity index (χ2v) is 2.80. The lowest BCUT2D eigenvalue weighted by molar-refractivity contribution is -0.116. The van der Waals surface area contributed by atoms with Crippen molar-refractivity contribution in [1.29, 1.82) is 0 Å². The Bertz CT molecular complexity index is 307. The Labute approximate surface area is 79.0 Å². The Morgan fingerprint density at radius 2 is 1.85 bits per heavy atom. The lowest BCUT2D eigenvalue weighted by Crippen LogP contribution is -2.08. The van der Waals surface area contributed by atoms with E-state index in [-0.39, 0.29) is 11.8 Å². The third-order valence-electron chi connectivity index (χ3n) is 2.08. The van der Waals surface area contributed by atoms with Crippen molar-refractivity contribution >= 4 is 11.6 Å². The molecule has 1 aliphatic rings. The number of benzene rings is 1. The minimum Gasteiger partial charge on any atom is -0.325 e. The highest BCUT2D eigenvalue weighted by atomic mass is 16.2. The average Bonchev–Trinajstić information content (AvgIpc) is 2.47. The molecule has 0 bridgehead atoms. The van der Waals surface area contributed by atoms with Gasteiger partial charge in [0, 0.05) is 5.69 Å². The summed E-state index contributed by atoms with van der Waals surface area (Å²) in [5.41, 5.74) is 2.07. The Morgan fingerprint density at radius 3 is 2.46 bits per heavy atom.